The third-order valence-electron chi connectivity index (χ3n) is 13.3. The standard InChI is InChI=1S/C65H117N2O7P/c1-7-10-13-16-19-22-25-28-30-31-32-33-34-35-37-39-42-45-48-51-54-57-64(68)66-62(61-73-75(70,71)72-60-59-67(4,5)6)63(56-53-50-47-44-41-38-27-24-21-18-15-12-9-3)74-65(69)58-55-52-49-46-43-40-36-29-26-23-20-17-14-11-8-2/h10,13,19,22,28,30,32-33,35,37,42,45,53,56,62-63H,7-9,11-12,14-18,20-21,23-27,29,31,34,36,38-41,43-44,46-52,54-55,57-61H2,1-6H3,(H-,66,68,70,71)/b13-10-,22-19-,30-28-,33-32-,37-35-,45-42-,56-53-. The Labute approximate surface area is 463 Å². The number of quaternary nitrogens is 1. The summed E-state index contributed by atoms with van der Waals surface area (Å²) in [5.74, 6) is -0.588. The fourth-order valence-electron chi connectivity index (χ4n) is 8.58. The van der Waals surface area contributed by atoms with E-state index in [2.05, 4.69) is 99.0 Å². The molecular formula is C65H117N2O7P. The lowest BCUT2D eigenvalue weighted by Crippen LogP contribution is -2.47. The third-order valence-corrected chi connectivity index (χ3v) is 14.3. The number of ether oxygens (including phenoxy) is 1. The van der Waals surface area contributed by atoms with Gasteiger partial charge >= 0.3 is 5.97 Å². The highest BCUT2D eigenvalue weighted by Crippen LogP contribution is 2.38. The van der Waals surface area contributed by atoms with Gasteiger partial charge in [0.1, 0.15) is 19.3 Å². The highest BCUT2D eigenvalue weighted by atomic mass is 31.2. The average molecular weight is 1070 g/mol. The lowest BCUT2D eigenvalue weighted by Gasteiger charge is -2.30. The van der Waals surface area contributed by atoms with Crippen LogP contribution < -0.4 is 10.2 Å². The van der Waals surface area contributed by atoms with Gasteiger partial charge in [0.25, 0.3) is 7.82 Å². The smallest absolute Gasteiger partial charge is 0.306 e. The highest BCUT2D eigenvalue weighted by molar-refractivity contribution is 7.45. The molecule has 0 aliphatic carbocycles. The van der Waals surface area contributed by atoms with Gasteiger partial charge in [0.2, 0.25) is 5.91 Å². The van der Waals surface area contributed by atoms with Crippen LogP contribution in [-0.2, 0) is 27.9 Å². The predicted molar refractivity (Wildman–Crippen MR) is 321 cm³/mol. The van der Waals surface area contributed by atoms with Crippen LogP contribution in [0.2, 0.25) is 0 Å². The molecule has 0 saturated heterocycles. The summed E-state index contributed by atoms with van der Waals surface area (Å²) in [6.07, 6.45) is 71.2. The number of nitrogens with one attached hydrogen (secondary N) is 1. The molecule has 0 aromatic carbocycles. The number of amides is 1. The zero-order chi connectivity index (χ0) is 55.0. The van der Waals surface area contributed by atoms with Crippen molar-refractivity contribution in [2.45, 2.75) is 277 Å². The zero-order valence-electron chi connectivity index (χ0n) is 49.5. The number of hydrogen-bond donors (Lipinski definition) is 1. The van der Waals surface area contributed by atoms with Crippen LogP contribution in [0.25, 0.3) is 0 Å². The van der Waals surface area contributed by atoms with Crippen LogP contribution in [0.1, 0.15) is 265 Å². The van der Waals surface area contributed by atoms with Gasteiger partial charge in [0, 0.05) is 12.8 Å². The largest absolute Gasteiger partial charge is 0.756 e. The van der Waals surface area contributed by atoms with Gasteiger partial charge in [-0.25, -0.2) is 0 Å². The van der Waals surface area contributed by atoms with Crippen molar-refractivity contribution < 1.29 is 37.3 Å². The number of likely N-dealkylation sites (N-methyl/N-ethyl adjacent to an activating group) is 1. The van der Waals surface area contributed by atoms with Gasteiger partial charge in [-0.15, -0.1) is 0 Å². The normalized spacial score (nSPS) is 14.3. The van der Waals surface area contributed by atoms with Crippen molar-refractivity contribution in [1.82, 2.24) is 5.32 Å². The molecule has 0 aromatic rings. The van der Waals surface area contributed by atoms with Crippen molar-refractivity contribution in [3.63, 3.8) is 0 Å². The van der Waals surface area contributed by atoms with Crippen LogP contribution in [0.3, 0.4) is 0 Å². The molecule has 3 atom stereocenters. The van der Waals surface area contributed by atoms with Crippen LogP contribution in [-0.4, -0.2) is 69.4 Å². The summed E-state index contributed by atoms with van der Waals surface area (Å²) in [6, 6.07) is -0.913. The Morgan fingerprint density at radius 3 is 1.29 bits per heavy atom. The molecule has 434 valence electrons. The summed E-state index contributed by atoms with van der Waals surface area (Å²) in [5, 5.41) is 3.00. The Morgan fingerprint density at radius 1 is 0.480 bits per heavy atom. The lowest BCUT2D eigenvalue weighted by atomic mass is 10.0. The molecule has 0 heterocycles. The number of unbranched alkanes of at least 4 members (excludes halogenated alkanes) is 27. The first-order chi connectivity index (χ1) is 36.4. The first kappa shape index (κ1) is 72.2. The molecule has 9 nitrogen and oxygen atoms in total. The Balaban J connectivity index is 5.37. The molecule has 0 aliphatic rings. The number of allylic oxidation sites excluding steroid dienone is 13. The summed E-state index contributed by atoms with van der Waals surface area (Å²) in [4.78, 5) is 40.0. The summed E-state index contributed by atoms with van der Waals surface area (Å²) >= 11 is 0. The van der Waals surface area contributed by atoms with E-state index in [1.54, 1.807) is 0 Å². The van der Waals surface area contributed by atoms with Gasteiger partial charge in [-0.05, 0) is 83.1 Å². The predicted octanol–water partition coefficient (Wildman–Crippen LogP) is 18.4. The van der Waals surface area contributed by atoms with Crippen molar-refractivity contribution in [2.24, 2.45) is 0 Å². The molecule has 75 heavy (non-hydrogen) atoms. The Hall–Kier alpha value is -2.81. The minimum absolute atomic E-state index is 0.0331. The molecule has 10 heteroatoms. The van der Waals surface area contributed by atoms with Gasteiger partial charge in [0.15, 0.2) is 0 Å². The van der Waals surface area contributed by atoms with Crippen molar-refractivity contribution in [2.75, 3.05) is 40.9 Å². The summed E-state index contributed by atoms with van der Waals surface area (Å²) in [7, 11) is 1.15. The lowest BCUT2D eigenvalue weighted by molar-refractivity contribution is -0.870. The quantitative estimate of drug-likeness (QED) is 0.0212. The number of rotatable bonds is 55. The van der Waals surface area contributed by atoms with Gasteiger partial charge in [-0.3, -0.25) is 14.2 Å². The molecule has 0 aliphatic heterocycles. The third kappa shape index (κ3) is 55.7. The minimum Gasteiger partial charge on any atom is -0.756 e. The highest BCUT2D eigenvalue weighted by Gasteiger charge is 2.27. The number of nitrogens with zero attached hydrogens (tertiary/aromatic N) is 1. The molecule has 0 saturated carbocycles. The maximum Gasteiger partial charge on any atom is 0.306 e. The zero-order valence-corrected chi connectivity index (χ0v) is 50.4. The monoisotopic (exact) mass is 1070 g/mol. The Morgan fingerprint density at radius 2 is 0.853 bits per heavy atom. The van der Waals surface area contributed by atoms with Crippen LogP contribution in [0.4, 0.5) is 0 Å². The number of phosphoric ester groups is 1. The SMILES string of the molecule is CC/C=C\C/C=C\C/C=C\C/C=C\C/C=C\C/C=C\CCCCC(=O)NC(COP(=O)([O-])OCC[N+](C)(C)C)C(/C=C\CCCCCCCCCCCCC)OC(=O)CCCCCCCCCCCCCCCCC. The molecule has 1 N–H and O–H groups in total. The van der Waals surface area contributed by atoms with E-state index in [1.807, 2.05) is 33.3 Å². The Bertz CT molecular complexity index is 1560. The molecule has 0 radical (unpaired) electrons. The second kappa shape index (κ2) is 54.5. The topological polar surface area (TPSA) is 114 Å². The second-order valence-corrected chi connectivity index (χ2v) is 23.2. The van der Waals surface area contributed by atoms with Gasteiger partial charge < -0.3 is 28.5 Å². The summed E-state index contributed by atoms with van der Waals surface area (Å²) in [5.41, 5.74) is 0. The van der Waals surface area contributed by atoms with Crippen molar-refractivity contribution in [3.8, 4) is 0 Å². The van der Waals surface area contributed by atoms with Crippen molar-refractivity contribution in [1.29, 1.82) is 0 Å². The Kier molecular flexibility index (Phi) is 52.5. The number of hydrogen-bond acceptors (Lipinski definition) is 7. The molecular weight excluding hydrogens is 952 g/mol. The molecule has 0 spiro atoms. The van der Waals surface area contributed by atoms with E-state index in [0.717, 1.165) is 89.9 Å². The minimum atomic E-state index is -4.71. The van der Waals surface area contributed by atoms with E-state index in [4.69, 9.17) is 13.8 Å². The second-order valence-electron chi connectivity index (χ2n) is 21.8. The summed E-state index contributed by atoms with van der Waals surface area (Å²) in [6.45, 7) is 6.70. The first-order valence-corrected chi connectivity index (χ1v) is 32.4. The maximum absolute atomic E-state index is 13.5. The van der Waals surface area contributed by atoms with Gasteiger partial charge in [-0.1, -0.05) is 254 Å². The summed E-state index contributed by atoms with van der Waals surface area (Å²) < 4.78 is 30.3. The van der Waals surface area contributed by atoms with E-state index in [-0.39, 0.29) is 31.3 Å². The van der Waals surface area contributed by atoms with Crippen LogP contribution in [0.15, 0.2) is 85.1 Å². The van der Waals surface area contributed by atoms with Gasteiger partial charge in [-0.2, -0.15) is 0 Å². The van der Waals surface area contributed by atoms with Crippen LogP contribution >= 0.6 is 7.82 Å². The molecule has 0 fully saturated rings. The molecule has 0 bridgehead atoms. The fourth-order valence-corrected chi connectivity index (χ4v) is 9.31. The molecule has 1 amide bonds. The first-order valence-electron chi connectivity index (χ1n) is 30.9. The number of carbonyl (C=O) groups excluding carboxylic acids is 2. The molecule has 0 rings (SSSR count). The number of phosphoric acid groups is 1. The molecule has 3 unspecified atom stereocenters. The number of esters is 1. The van der Waals surface area contributed by atoms with Gasteiger partial charge in [0.05, 0.1) is 33.8 Å². The maximum atomic E-state index is 13.5. The van der Waals surface area contributed by atoms with E-state index in [9.17, 15) is 19.0 Å². The van der Waals surface area contributed by atoms with E-state index >= 15 is 0 Å². The van der Waals surface area contributed by atoms with Crippen LogP contribution in [0.5, 0.6) is 0 Å². The van der Waals surface area contributed by atoms with E-state index < -0.39 is 26.6 Å². The van der Waals surface area contributed by atoms with E-state index in [1.165, 1.54) is 135 Å². The molecule has 0 aromatic heterocycles. The average Bonchev–Trinajstić information content (AvgIpc) is 3.37. The fraction of sp³-hybridized carbons (Fsp3) is 0.754. The van der Waals surface area contributed by atoms with Crippen molar-refractivity contribution >= 4 is 19.7 Å². The van der Waals surface area contributed by atoms with Crippen molar-refractivity contribution in [3.05, 3.63) is 85.1 Å². The van der Waals surface area contributed by atoms with Crippen LogP contribution in [0, 0.1) is 0 Å². The number of carbonyl (C=O) groups is 2. The van der Waals surface area contributed by atoms with E-state index in [0.29, 0.717) is 17.4 Å².